The largest absolute Gasteiger partial charge is 0.491 e. The molecule has 1 saturated heterocycles. The Bertz CT molecular complexity index is 1080. The first kappa shape index (κ1) is 27.0. The number of methoxy groups -OCH3 is 1. The Morgan fingerprint density at radius 1 is 1.14 bits per heavy atom. The molecular weight excluding hydrogens is 478 g/mol. The van der Waals surface area contributed by atoms with Crippen molar-refractivity contribution >= 4 is 5.97 Å². The molecule has 198 valence electrons. The number of esters is 1. The average molecular weight is 513 g/mol. The molecule has 0 radical (unpaired) electrons. The van der Waals surface area contributed by atoms with Gasteiger partial charge in [-0.25, -0.2) is 8.78 Å². The number of aliphatic hydroxyl groups excluding tert-OH is 1. The summed E-state index contributed by atoms with van der Waals surface area (Å²) in [6, 6.07) is 12.4. The molecule has 2 aromatic carbocycles. The molecule has 7 heteroatoms. The minimum absolute atomic E-state index is 0.00393. The molecule has 2 aromatic rings. The van der Waals surface area contributed by atoms with Crippen LogP contribution < -0.4 is 4.74 Å². The second-order valence-electron chi connectivity index (χ2n) is 9.79. The van der Waals surface area contributed by atoms with E-state index in [-0.39, 0.29) is 47.6 Å². The molecule has 1 saturated carbocycles. The predicted octanol–water partition coefficient (Wildman–Crippen LogP) is 5.52. The van der Waals surface area contributed by atoms with E-state index in [2.05, 4.69) is 12.2 Å². The zero-order valence-electron chi connectivity index (χ0n) is 21.0. The highest BCUT2D eigenvalue weighted by atomic mass is 19.1. The van der Waals surface area contributed by atoms with Crippen molar-refractivity contribution in [1.82, 2.24) is 0 Å². The van der Waals surface area contributed by atoms with Crippen molar-refractivity contribution < 1.29 is 32.9 Å². The molecule has 0 spiro atoms. The third-order valence-electron chi connectivity index (χ3n) is 7.47. The maximum Gasteiger partial charge on any atom is 0.305 e. The van der Waals surface area contributed by atoms with Crippen LogP contribution in [0.3, 0.4) is 0 Å². The number of rotatable bonds is 12. The number of hydrogen-bond donors (Lipinski definition) is 1. The molecule has 5 nitrogen and oxygen atoms in total. The number of aliphatic hydroxyl groups is 1. The second-order valence-corrected chi connectivity index (χ2v) is 9.79. The monoisotopic (exact) mass is 512 g/mol. The minimum atomic E-state index is -0.833. The lowest BCUT2D eigenvalue weighted by Gasteiger charge is -2.38. The van der Waals surface area contributed by atoms with Gasteiger partial charge in [0.2, 0.25) is 0 Å². The molecule has 1 aliphatic heterocycles. The van der Waals surface area contributed by atoms with Gasteiger partial charge in [-0.15, -0.1) is 0 Å². The zero-order chi connectivity index (χ0) is 26.3. The Hall–Kier alpha value is -3.03. The van der Waals surface area contributed by atoms with Gasteiger partial charge in [0.1, 0.15) is 30.1 Å². The van der Waals surface area contributed by atoms with Gasteiger partial charge >= 0.3 is 5.97 Å². The molecule has 0 unspecified atom stereocenters. The summed E-state index contributed by atoms with van der Waals surface area (Å²) in [7, 11) is 1.39. The molecule has 0 aromatic heterocycles. The van der Waals surface area contributed by atoms with E-state index in [0.717, 1.165) is 31.2 Å². The molecule has 0 amide bonds. The molecular formula is C30H34F2O5. The van der Waals surface area contributed by atoms with Crippen LogP contribution in [0.4, 0.5) is 8.78 Å². The first-order valence-electron chi connectivity index (χ1n) is 12.8. The van der Waals surface area contributed by atoms with Gasteiger partial charge in [-0.1, -0.05) is 36.4 Å². The van der Waals surface area contributed by atoms with Crippen LogP contribution in [-0.2, 0) is 19.7 Å². The highest BCUT2D eigenvalue weighted by molar-refractivity contribution is 5.69. The van der Waals surface area contributed by atoms with E-state index >= 15 is 0 Å². The number of carbonyl (C=O) groups excluding carboxylic acids is 1. The van der Waals surface area contributed by atoms with Gasteiger partial charge in [-0.05, 0) is 73.6 Å². The molecule has 1 aliphatic carbocycles. The van der Waals surface area contributed by atoms with Crippen LogP contribution in [0.1, 0.15) is 37.7 Å². The SMILES string of the molecule is COC(=O)CCCC=CC[C@@H]1[C@@H](C=C[C@H](O)COc2ccc(F)cc2)[C@H]2C[C@]1(c1ccc(F)cc1)CO2. The Balaban J connectivity index is 1.44. The van der Waals surface area contributed by atoms with Crippen molar-refractivity contribution in [3.05, 3.63) is 90.0 Å². The molecule has 2 bridgehead atoms. The lowest BCUT2D eigenvalue weighted by atomic mass is 9.69. The summed E-state index contributed by atoms with van der Waals surface area (Å²) in [5.74, 6) is -0.0585. The van der Waals surface area contributed by atoms with Crippen LogP contribution in [-0.4, -0.2) is 43.6 Å². The predicted molar refractivity (Wildman–Crippen MR) is 136 cm³/mol. The van der Waals surface area contributed by atoms with Crippen molar-refractivity contribution in [2.24, 2.45) is 11.8 Å². The van der Waals surface area contributed by atoms with Gasteiger partial charge in [0, 0.05) is 17.8 Å². The fourth-order valence-corrected chi connectivity index (χ4v) is 5.56. The van der Waals surface area contributed by atoms with E-state index in [1.165, 1.54) is 43.5 Å². The van der Waals surface area contributed by atoms with E-state index < -0.39 is 6.10 Å². The van der Waals surface area contributed by atoms with E-state index in [1.54, 1.807) is 6.08 Å². The van der Waals surface area contributed by atoms with Crippen molar-refractivity contribution in [2.45, 2.75) is 49.7 Å². The van der Waals surface area contributed by atoms with Crippen LogP contribution in [0, 0.1) is 23.5 Å². The number of hydrogen-bond acceptors (Lipinski definition) is 5. The Morgan fingerprint density at radius 3 is 2.54 bits per heavy atom. The minimum Gasteiger partial charge on any atom is -0.491 e. The number of allylic oxidation sites excluding steroid dienone is 2. The Kier molecular flexibility index (Phi) is 9.11. The Labute approximate surface area is 216 Å². The van der Waals surface area contributed by atoms with E-state index in [4.69, 9.17) is 14.2 Å². The van der Waals surface area contributed by atoms with Crippen molar-refractivity contribution in [3.63, 3.8) is 0 Å². The lowest BCUT2D eigenvalue weighted by Crippen LogP contribution is -2.39. The van der Waals surface area contributed by atoms with Gasteiger partial charge < -0.3 is 19.3 Å². The number of fused-ring (bicyclic) bond motifs is 2. The second kappa shape index (κ2) is 12.5. The van der Waals surface area contributed by atoms with Crippen molar-refractivity contribution in [1.29, 1.82) is 0 Å². The number of halogens is 2. The van der Waals surface area contributed by atoms with Crippen molar-refractivity contribution in [2.75, 3.05) is 20.3 Å². The van der Waals surface area contributed by atoms with Crippen LogP contribution in [0.15, 0.2) is 72.8 Å². The van der Waals surface area contributed by atoms with Gasteiger partial charge in [-0.2, -0.15) is 0 Å². The fourth-order valence-electron chi connectivity index (χ4n) is 5.56. The third-order valence-corrected chi connectivity index (χ3v) is 7.47. The van der Waals surface area contributed by atoms with Crippen molar-refractivity contribution in [3.8, 4) is 5.75 Å². The van der Waals surface area contributed by atoms with Gasteiger partial charge in [0.15, 0.2) is 0 Å². The summed E-state index contributed by atoms with van der Waals surface area (Å²) in [5, 5.41) is 10.5. The first-order chi connectivity index (χ1) is 17.9. The van der Waals surface area contributed by atoms with E-state index in [9.17, 15) is 18.7 Å². The van der Waals surface area contributed by atoms with Crippen LogP contribution >= 0.6 is 0 Å². The molecule has 1 heterocycles. The summed E-state index contributed by atoms with van der Waals surface area (Å²) in [6.07, 6.45) is 10.7. The van der Waals surface area contributed by atoms with Gasteiger partial charge in [0.05, 0.1) is 19.8 Å². The van der Waals surface area contributed by atoms with Gasteiger partial charge in [0.25, 0.3) is 0 Å². The highest BCUT2D eigenvalue weighted by Gasteiger charge is 2.58. The quantitative estimate of drug-likeness (QED) is 0.230. The lowest BCUT2D eigenvalue weighted by molar-refractivity contribution is -0.140. The van der Waals surface area contributed by atoms with E-state index in [0.29, 0.717) is 18.8 Å². The zero-order valence-corrected chi connectivity index (χ0v) is 21.0. The first-order valence-corrected chi connectivity index (χ1v) is 12.8. The Morgan fingerprint density at radius 2 is 1.84 bits per heavy atom. The maximum atomic E-state index is 13.7. The van der Waals surface area contributed by atoms with Crippen LogP contribution in [0.25, 0.3) is 0 Å². The van der Waals surface area contributed by atoms with Gasteiger partial charge in [-0.3, -0.25) is 4.79 Å². The highest BCUT2D eigenvalue weighted by Crippen LogP contribution is 2.57. The van der Waals surface area contributed by atoms with E-state index in [1.807, 2.05) is 18.2 Å². The number of carbonyl (C=O) groups is 1. The molecule has 2 fully saturated rings. The number of benzene rings is 2. The van der Waals surface area contributed by atoms with Crippen LogP contribution in [0.5, 0.6) is 5.75 Å². The summed E-state index contributed by atoms with van der Waals surface area (Å²) in [5.41, 5.74) is 0.829. The standard InChI is InChI=1S/C30H34F2O5/c1-35-29(34)7-5-3-2-4-6-27-26(17-14-24(33)19-36-25-15-12-23(32)13-16-25)28-18-30(27,20-37-28)21-8-10-22(31)11-9-21/h2,4,8-17,24,26-28,33H,3,5-7,18-20H2,1H3/t24-,26+,27+,28+,30+/m0/s1. The average Bonchev–Trinajstić information content (AvgIpc) is 3.47. The summed E-state index contributed by atoms with van der Waals surface area (Å²) < 4.78 is 43.2. The maximum absolute atomic E-state index is 13.7. The molecule has 1 N–H and O–H groups in total. The summed E-state index contributed by atoms with van der Waals surface area (Å²) in [6.45, 7) is 0.624. The molecule has 5 atom stereocenters. The third kappa shape index (κ3) is 6.65. The molecule has 37 heavy (non-hydrogen) atoms. The molecule has 4 rings (SSSR count). The summed E-state index contributed by atoms with van der Waals surface area (Å²) >= 11 is 0. The topological polar surface area (TPSA) is 65.0 Å². The number of unbranched alkanes of at least 4 members (excludes halogenated alkanes) is 1. The normalized spacial score (nSPS) is 25.7. The smallest absolute Gasteiger partial charge is 0.305 e. The fraction of sp³-hybridized carbons (Fsp3) is 0.433. The molecule has 2 aliphatic rings. The number of ether oxygens (including phenoxy) is 3. The summed E-state index contributed by atoms with van der Waals surface area (Å²) in [4.78, 5) is 11.3. The van der Waals surface area contributed by atoms with Crippen LogP contribution in [0.2, 0.25) is 0 Å².